The number of esters is 1. The van der Waals surface area contributed by atoms with Gasteiger partial charge in [0.15, 0.2) is 17.7 Å². The molecule has 1 N–H and O–H groups in total. The van der Waals surface area contributed by atoms with Crippen LogP contribution in [0.25, 0.3) is 0 Å². The van der Waals surface area contributed by atoms with Crippen LogP contribution < -0.4 is 14.5 Å². The lowest BCUT2D eigenvalue weighted by Gasteiger charge is -2.32. The summed E-state index contributed by atoms with van der Waals surface area (Å²) in [5.74, 6) is -0.432. The van der Waals surface area contributed by atoms with Crippen molar-refractivity contribution >= 4 is 17.3 Å². The number of rotatable bonds is 26. The van der Waals surface area contributed by atoms with E-state index in [-0.39, 0.29) is 17.4 Å². The predicted octanol–water partition coefficient (Wildman–Crippen LogP) is 8.69. The van der Waals surface area contributed by atoms with Gasteiger partial charge < -0.3 is 38.6 Å². The molecule has 4 atom stereocenters. The van der Waals surface area contributed by atoms with Crippen molar-refractivity contribution in [3.63, 3.8) is 0 Å². The smallest absolute Gasteiger partial charge is 0.343 e. The molecule has 0 aromatic heterocycles. The van der Waals surface area contributed by atoms with Crippen LogP contribution in [0.2, 0.25) is 0 Å². The first-order valence-corrected chi connectivity index (χ1v) is 20.2. The van der Waals surface area contributed by atoms with Crippen LogP contribution in [0.1, 0.15) is 106 Å². The predicted molar refractivity (Wildman–Crippen MR) is 209 cm³/mol. The summed E-state index contributed by atoms with van der Waals surface area (Å²) in [7, 11) is 0. The minimum absolute atomic E-state index is 0.0920. The number of para-hydroxylation sites is 1. The van der Waals surface area contributed by atoms with Crippen LogP contribution in [0, 0.1) is 0 Å². The van der Waals surface area contributed by atoms with E-state index < -0.39 is 12.2 Å². The fourth-order valence-electron chi connectivity index (χ4n) is 6.90. The SMILES string of the molecule is CCCCCCCCCCCCOc1cccc(C(=O)OC(CC)N(CC2CO2)c2ccc(Cc3ccc(N(CC4CO4)CC4CO4)cc3)cc2)c1O. The van der Waals surface area contributed by atoms with Gasteiger partial charge in [0.2, 0.25) is 0 Å². The monoisotopic (exact) mass is 728 g/mol. The molecule has 3 heterocycles. The second-order valence-corrected chi connectivity index (χ2v) is 14.9. The second-order valence-electron chi connectivity index (χ2n) is 14.9. The largest absolute Gasteiger partial charge is 0.504 e. The molecule has 0 spiro atoms. The Bertz CT molecular complexity index is 1520. The number of benzene rings is 3. The summed E-state index contributed by atoms with van der Waals surface area (Å²) in [4.78, 5) is 18.0. The van der Waals surface area contributed by atoms with Gasteiger partial charge >= 0.3 is 5.97 Å². The van der Waals surface area contributed by atoms with Crippen molar-refractivity contribution in [1.29, 1.82) is 0 Å². The molecule has 0 saturated carbocycles. The number of carbonyl (C=O) groups excluding carboxylic acids is 1. The quantitative estimate of drug-likeness (QED) is 0.0377. The van der Waals surface area contributed by atoms with E-state index in [9.17, 15) is 9.90 Å². The normalized spacial score (nSPS) is 19.0. The van der Waals surface area contributed by atoms with Gasteiger partial charge in [-0.3, -0.25) is 0 Å². The summed E-state index contributed by atoms with van der Waals surface area (Å²) in [6, 6.07) is 22.3. The Balaban J connectivity index is 1.00. The Kier molecular flexibility index (Phi) is 14.7. The summed E-state index contributed by atoms with van der Waals surface area (Å²) in [6.45, 7) is 9.53. The standard InChI is InChI=1S/C44H60N2O7/c1-3-5-6-7-8-9-10-11-12-13-25-49-41-16-14-15-40(43(41)47)44(48)53-42(4-2)46(29-39-32-52-39)36-23-19-34(20-24-36)26-33-17-21-35(22-18-33)45(27-37-30-50-37)28-38-31-51-38/h14-24,37-39,42,47H,3-13,25-32H2,1-2H3. The molecule has 288 valence electrons. The molecule has 0 aliphatic carbocycles. The Morgan fingerprint density at radius 3 is 1.79 bits per heavy atom. The van der Waals surface area contributed by atoms with Gasteiger partial charge in [0, 0.05) is 37.4 Å². The third kappa shape index (κ3) is 12.7. The van der Waals surface area contributed by atoms with Crippen molar-refractivity contribution < 1.29 is 33.6 Å². The molecular weight excluding hydrogens is 668 g/mol. The zero-order valence-electron chi connectivity index (χ0n) is 31.9. The van der Waals surface area contributed by atoms with E-state index in [4.69, 9.17) is 23.7 Å². The molecule has 9 heteroatoms. The lowest BCUT2D eigenvalue weighted by Crippen LogP contribution is -2.41. The molecular formula is C44H60N2O7. The van der Waals surface area contributed by atoms with Crippen LogP contribution in [0.15, 0.2) is 66.7 Å². The van der Waals surface area contributed by atoms with E-state index >= 15 is 0 Å². The number of nitrogens with zero attached hydrogens (tertiary/aromatic N) is 2. The Labute approximate surface area is 316 Å². The first-order chi connectivity index (χ1) is 26.0. The minimum atomic E-state index is -0.576. The Hall–Kier alpha value is -3.79. The molecule has 0 bridgehead atoms. The highest BCUT2D eigenvalue weighted by Gasteiger charge is 2.32. The first kappa shape index (κ1) is 38.9. The average molecular weight is 729 g/mol. The molecule has 6 rings (SSSR count). The maximum absolute atomic E-state index is 13.5. The summed E-state index contributed by atoms with van der Waals surface area (Å²) in [6.07, 6.45) is 14.0. The molecule has 4 unspecified atom stereocenters. The summed E-state index contributed by atoms with van der Waals surface area (Å²) >= 11 is 0. The van der Waals surface area contributed by atoms with E-state index in [1.807, 2.05) is 6.92 Å². The molecule has 3 aliphatic heterocycles. The zero-order valence-corrected chi connectivity index (χ0v) is 31.9. The van der Waals surface area contributed by atoms with Gasteiger partial charge in [0.05, 0.1) is 44.7 Å². The maximum atomic E-state index is 13.5. The van der Waals surface area contributed by atoms with E-state index in [1.54, 1.807) is 18.2 Å². The molecule has 53 heavy (non-hydrogen) atoms. The lowest BCUT2D eigenvalue weighted by atomic mass is 10.0. The molecule has 0 amide bonds. The molecule has 3 fully saturated rings. The third-order valence-corrected chi connectivity index (χ3v) is 10.3. The Morgan fingerprint density at radius 2 is 1.25 bits per heavy atom. The number of hydrogen-bond acceptors (Lipinski definition) is 9. The number of phenolic OH excluding ortho intramolecular Hbond substituents is 1. The molecule has 3 aromatic rings. The van der Waals surface area contributed by atoms with Gasteiger partial charge in [-0.1, -0.05) is 102 Å². The van der Waals surface area contributed by atoms with Crippen molar-refractivity contribution in [3.8, 4) is 11.5 Å². The van der Waals surface area contributed by atoms with E-state index in [1.165, 1.54) is 68.2 Å². The van der Waals surface area contributed by atoms with Crippen LogP contribution >= 0.6 is 0 Å². The second kappa shape index (κ2) is 20.0. The van der Waals surface area contributed by atoms with Crippen molar-refractivity contribution in [2.75, 3.05) is 55.9 Å². The van der Waals surface area contributed by atoms with Crippen LogP contribution in [0.3, 0.4) is 0 Å². The van der Waals surface area contributed by atoms with Crippen LogP contribution in [-0.2, 0) is 25.4 Å². The highest BCUT2D eigenvalue weighted by molar-refractivity contribution is 5.93. The number of aromatic hydroxyl groups is 1. The minimum Gasteiger partial charge on any atom is -0.504 e. The topological polar surface area (TPSA) is 99.8 Å². The maximum Gasteiger partial charge on any atom is 0.343 e. The van der Waals surface area contributed by atoms with Crippen LogP contribution in [-0.4, -0.2) is 81.7 Å². The van der Waals surface area contributed by atoms with Gasteiger partial charge in [0.25, 0.3) is 0 Å². The van der Waals surface area contributed by atoms with Gasteiger partial charge in [0.1, 0.15) is 5.56 Å². The highest BCUT2D eigenvalue weighted by Crippen LogP contribution is 2.32. The number of carbonyl (C=O) groups is 1. The third-order valence-electron chi connectivity index (χ3n) is 10.3. The molecule has 9 nitrogen and oxygen atoms in total. The summed E-state index contributed by atoms with van der Waals surface area (Å²) < 4.78 is 28.6. The summed E-state index contributed by atoms with van der Waals surface area (Å²) in [5.41, 5.74) is 4.70. The molecule has 3 aromatic carbocycles. The van der Waals surface area contributed by atoms with Gasteiger partial charge in [-0.05, 0) is 60.4 Å². The molecule has 0 radical (unpaired) electrons. The van der Waals surface area contributed by atoms with Crippen molar-refractivity contribution in [2.45, 2.75) is 115 Å². The number of ether oxygens (including phenoxy) is 5. The zero-order chi connectivity index (χ0) is 36.8. The average Bonchev–Trinajstić information content (AvgIpc) is 4.02. The van der Waals surface area contributed by atoms with Crippen molar-refractivity contribution in [1.82, 2.24) is 0 Å². The highest BCUT2D eigenvalue weighted by atomic mass is 16.6. The van der Waals surface area contributed by atoms with Gasteiger partial charge in [-0.25, -0.2) is 4.79 Å². The lowest BCUT2D eigenvalue weighted by molar-refractivity contribution is 0.0276. The Morgan fingerprint density at radius 1 is 0.717 bits per heavy atom. The van der Waals surface area contributed by atoms with Gasteiger partial charge in [-0.2, -0.15) is 0 Å². The number of hydrogen-bond donors (Lipinski definition) is 1. The molecule has 3 aliphatic rings. The number of anilines is 2. The fourth-order valence-corrected chi connectivity index (χ4v) is 6.90. The number of epoxide rings is 3. The van der Waals surface area contributed by atoms with E-state index in [2.05, 4.69) is 65.3 Å². The first-order valence-electron chi connectivity index (χ1n) is 20.2. The number of unbranched alkanes of at least 4 members (excludes halogenated alkanes) is 9. The number of phenols is 1. The van der Waals surface area contributed by atoms with E-state index in [0.29, 0.717) is 44.1 Å². The van der Waals surface area contributed by atoms with E-state index in [0.717, 1.165) is 51.3 Å². The fraction of sp³-hybridized carbons (Fsp3) is 0.568. The van der Waals surface area contributed by atoms with Crippen LogP contribution in [0.5, 0.6) is 11.5 Å². The van der Waals surface area contributed by atoms with Gasteiger partial charge in [-0.15, -0.1) is 0 Å². The van der Waals surface area contributed by atoms with Crippen LogP contribution in [0.4, 0.5) is 11.4 Å². The van der Waals surface area contributed by atoms with Crippen molar-refractivity contribution in [2.24, 2.45) is 0 Å². The molecule has 3 saturated heterocycles. The summed E-state index contributed by atoms with van der Waals surface area (Å²) in [5, 5.41) is 11.0. The van der Waals surface area contributed by atoms with Crippen molar-refractivity contribution in [3.05, 3.63) is 83.4 Å².